The highest BCUT2D eigenvalue weighted by Gasteiger charge is 2.34. The molecule has 1 unspecified atom stereocenters. The van der Waals surface area contributed by atoms with Gasteiger partial charge in [-0.3, -0.25) is 9.69 Å². The van der Waals surface area contributed by atoms with Gasteiger partial charge < -0.3 is 4.74 Å². The van der Waals surface area contributed by atoms with Gasteiger partial charge in [0.25, 0.3) is 0 Å². The molecule has 1 aromatic rings. The number of carbonyl (C=O) groups excluding carboxylic acids is 2. The lowest BCUT2D eigenvalue weighted by Crippen LogP contribution is -2.41. The maximum Gasteiger partial charge on any atom is 0.410 e. The predicted octanol–water partition coefficient (Wildman–Crippen LogP) is 2.86. The predicted molar refractivity (Wildman–Crippen MR) is 76.5 cm³/mol. The molecule has 1 aliphatic heterocycles. The van der Waals surface area contributed by atoms with E-state index in [1.165, 1.54) is 11.3 Å². The molecule has 0 spiro atoms. The minimum atomic E-state index is -0.403. The van der Waals surface area contributed by atoms with E-state index in [0.29, 0.717) is 18.9 Å². The second-order valence-corrected chi connectivity index (χ2v) is 6.38. The SMILES string of the molecule is CC(C)CC(=O)C1CCCN1C(=O)OCc1nccs1. The minimum Gasteiger partial charge on any atom is -0.442 e. The molecule has 6 heteroatoms. The highest BCUT2D eigenvalue weighted by Crippen LogP contribution is 2.22. The third-order valence-corrected chi connectivity index (χ3v) is 4.02. The minimum absolute atomic E-state index is 0.142. The van der Waals surface area contributed by atoms with E-state index in [2.05, 4.69) is 4.98 Å². The molecule has 110 valence electrons. The quantitative estimate of drug-likeness (QED) is 0.838. The maximum atomic E-state index is 12.1. The Kier molecular flexibility index (Phi) is 5.11. The van der Waals surface area contributed by atoms with E-state index in [1.54, 1.807) is 11.1 Å². The molecule has 1 aromatic heterocycles. The van der Waals surface area contributed by atoms with Gasteiger partial charge in [0.1, 0.15) is 11.6 Å². The van der Waals surface area contributed by atoms with Crippen molar-refractivity contribution < 1.29 is 14.3 Å². The summed E-state index contributed by atoms with van der Waals surface area (Å²) in [4.78, 5) is 29.8. The number of carbonyl (C=O) groups is 2. The molecule has 5 nitrogen and oxygen atoms in total. The van der Waals surface area contributed by atoms with Gasteiger partial charge in [0.05, 0.1) is 6.04 Å². The van der Waals surface area contributed by atoms with Crippen molar-refractivity contribution in [1.29, 1.82) is 0 Å². The zero-order valence-corrected chi connectivity index (χ0v) is 12.7. The molecular formula is C14H20N2O3S. The van der Waals surface area contributed by atoms with E-state index in [1.807, 2.05) is 19.2 Å². The summed E-state index contributed by atoms with van der Waals surface area (Å²) >= 11 is 1.45. The van der Waals surface area contributed by atoms with E-state index in [4.69, 9.17) is 4.74 Å². The molecule has 1 saturated heterocycles. The highest BCUT2D eigenvalue weighted by atomic mass is 32.1. The number of aromatic nitrogens is 1. The summed E-state index contributed by atoms with van der Waals surface area (Å²) in [6.07, 6.45) is 3.40. The van der Waals surface area contributed by atoms with Crippen LogP contribution in [0, 0.1) is 5.92 Å². The Balaban J connectivity index is 1.89. The first kappa shape index (κ1) is 15.0. The molecule has 2 heterocycles. The van der Waals surface area contributed by atoms with Crippen molar-refractivity contribution in [2.75, 3.05) is 6.54 Å². The maximum absolute atomic E-state index is 12.1. The number of nitrogens with zero attached hydrogens (tertiary/aromatic N) is 2. The Bertz CT molecular complexity index is 459. The van der Waals surface area contributed by atoms with Gasteiger partial charge in [-0.05, 0) is 18.8 Å². The van der Waals surface area contributed by atoms with Crippen LogP contribution in [0.1, 0.15) is 38.1 Å². The highest BCUT2D eigenvalue weighted by molar-refractivity contribution is 7.09. The van der Waals surface area contributed by atoms with Crippen molar-refractivity contribution in [3.63, 3.8) is 0 Å². The summed E-state index contributed by atoms with van der Waals surface area (Å²) in [5.74, 6) is 0.458. The van der Waals surface area contributed by atoms with Gasteiger partial charge in [-0.1, -0.05) is 13.8 Å². The molecule has 0 bridgehead atoms. The number of thiazole rings is 1. The number of ether oxygens (including phenoxy) is 1. The summed E-state index contributed by atoms with van der Waals surface area (Å²) in [6, 6.07) is -0.304. The number of rotatable bonds is 5. The normalized spacial score (nSPS) is 18.6. The molecule has 0 saturated carbocycles. The average Bonchev–Trinajstić information content (AvgIpc) is 3.06. The Morgan fingerprint density at radius 1 is 1.55 bits per heavy atom. The van der Waals surface area contributed by atoms with E-state index in [0.717, 1.165) is 17.8 Å². The average molecular weight is 296 g/mol. The van der Waals surface area contributed by atoms with Crippen LogP contribution >= 0.6 is 11.3 Å². The van der Waals surface area contributed by atoms with Crippen LogP contribution in [-0.4, -0.2) is 34.3 Å². The van der Waals surface area contributed by atoms with Crippen molar-refractivity contribution in [1.82, 2.24) is 9.88 Å². The number of hydrogen-bond donors (Lipinski definition) is 0. The summed E-state index contributed by atoms with van der Waals surface area (Å²) in [5.41, 5.74) is 0. The fourth-order valence-electron chi connectivity index (χ4n) is 2.39. The first-order valence-corrected chi connectivity index (χ1v) is 7.80. The second-order valence-electron chi connectivity index (χ2n) is 5.40. The van der Waals surface area contributed by atoms with Crippen LogP contribution in [0.25, 0.3) is 0 Å². The van der Waals surface area contributed by atoms with Crippen LogP contribution in [0.15, 0.2) is 11.6 Å². The first-order chi connectivity index (χ1) is 9.58. The Morgan fingerprint density at radius 3 is 3.00 bits per heavy atom. The molecule has 1 fully saturated rings. The van der Waals surface area contributed by atoms with E-state index in [9.17, 15) is 9.59 Å². The molecule has 1 atom stereocenters. The van der Waals surface area contributed by atoms with Crippen molar-refractivity contribution in [2.24, 2.45) is 5.92 Å². The van der Waals surface area contributed by atoms with Gasteiger partial charge in [0.15, 0.2) is 5.78 Å². The van der Waals surface area contributed by atoms with E-state index >= 15 is 0 Å². The standard InChI is InChI=1S/C14H20N2O3S/c1-10(2)8-12(17)11-4-3-6-16(11)14(18)19-9-13-15-5-7-20-13/h5,7,10-11H,3-4,6,8-9H2,1-2H3. The molecule has 2 rings (SSSR count). The summed E-state index contributed by atoms with van der Waals surface area (Å²) in [5, 5.41) is 2.61. The van der Waals surface area contributed by atoms with Crippen LogP contribution in [0.2, 0.25) is 0 Å². The number of Topliss-reactive ketones (excluding diaryl/α,β-unsaturated/α-hetero) is 1. The largest absolute Gasteiger partial charge is 0.442 e. The second kappa shape index (κ2) is 6.83. The fourth-order valence-corrected chi connectivity index (χ4v) is 2.92. The molecule has 0 aliphatic carbocycles. The van der Waals surface area contributed by atoms with Gasteiger partial charge in [0.2, 0.25) is 0 Å². The van der Waals surface area contributed by atoms with Crippen molar-refractivity contribution >= 4 is 23.2 Å². The number of amides is 1. The Morgan fingerprint density at radius 2 is 2.35 bits per heavy atom. The molecule has 20 heavy (non-hydrogen) atoms. The van der Waals surface area contributed by atoms with Gasteiger partial charge in [-0.2, -0.15) is 0 Å². The molecule has 0 N–H and O–H groups in total. The third-order valence-electron chi connectivity index (χ3n) is 3.27. The fraction of sp³-hybridized carbons (Fsp3) is 0.643. The van der Waals surface area contributed by atoms with Crippen LogP contribution in [-0.2, 0) is 16.1 Å². The summed E-state index contributed by atoms with van der Waals surface area (Å²) < 4.78 is 5.24. The van der Waals surface area contributed by atoms with Gasteiger partial charge in [-0.15, -0.1) is 11.3 Å². The van der Waals surface area contributed by atoms with Crippen LogP contribution < -0.4 is 0 Å². The topological polar surface area (TPSA) is 59.5 Å². The lowest BCUT2D eigenvalue weighted by Gasteiger charge is -2.23. The summed E-state index contributed by atoms with van der Waals surface area (Å²) in [7, 11) is 0. The van der Waals surface area contributed by atoms with Crippen molar-refractivity contribution in [2.45, 2.75) is 45.8 Å². The van der Waals surface area contributed by atoms with Gasteiger partial charge >= 0.3 is 6.09 Å². The third kappa shape index (κ3) is 3.79. The number of likely N-dealkylation sites (tertiary alicyclic amines) is 1. The zero-order chi connectivity index (χ0) is 14.5. The molecule has 1 amide bonds. The van der Waals surface area contributed by atoms with Gasteiger partial charge in [0, 0.05) is 24.5 Å². The van der Waals surface area contributed by atoms with Crippen LogP contribution in [0.3, 0.4) is 0 Å². The van der Waals surface area contributed by atoms with Crippen LogP contribution in [0.5, 0.6) is 0 Å². The lowest BCUT2D eigenvalue weighted by atomic mass is 10.0. The summed E-state index contributed by atoms with van der Waals surface area (Å²) in [6.45, 7) is 4.80. The monoisotopic (exact) mass is 296 g/mol. The van der Waals surface area contributed by atoms with Gasteiger partial charge in [-0.25, -0.2) is 9.78 Å². The van der Waals surface area contributed by atoms with Crippen LogP contribution in [0.4, 0.5) is 4.79 Å². The lowest BCUT2D eigenvalue weighted by molar-refractivity contribution is -0.123. The first-order valence-electron chi connectivity index (χ1n) is 6.92. The molecular weight excluding hydrogens is 276 g/mol. The Hall–Kier alpha value is -1.43. The molecule has 1 aliphatic rings. The molecule has 0 radical (unpaired) electrons. The number of hydrogen-bond acceptors (Lipinski definition) is 5. The van der Waals surface area contributed by atoms with Crippen molar-refractivity contribution in [3.05, 3.63) is 16.6 Å². The Labute approximate surface area is 122 Å². The zero-order valence-electron chi connectivity index (χ0n) is 11.9. The van der Waals surface area contributed by atoms with E-state index < -0.39 is 6.09 Å². The smallest absolute Gasteiger partial charge is 0.410 e. The van der Waals surface area contributed by atoms with Crippen molar-refractivity contribution in [3.8, 4) is 0 Å². The van der Waals surface area contributed by atoms with E-state index in [-0.39, 0.29) is 18.4 Å². The molecule has 0 aromatic carbocycles. The number of ketones is 1.